The van der Waals surface area contributed by atoms with Gasteiger partial charge in [-0.25, -0.2) is 4.79 Å². The smallest absolute Gasteiger partial charge is 0.326 e. The number of carbonyl (C=O) groups excluding carboxylic acids is 3. The van der Waals surface area contributed by atoms with Crippen molar-refractivity contribution in [2.24, 2.45) is 27.9 Å². The maximum atomic E-state index is 12.8. The first-order valence-corrected chi connectivity index (χ1v) is 11.8. The van der Waals surface area contributed by atoms with Crippen LogP contribution in [0.5, 0.6) is 0 Å². The molecule has 0 aromatic heterocycles. The highest BCUT2D eigenvalue weighted by Crippen LogP contribution is 2.05. The molecule has 0 fully saturated rings. The summed E-state index contributed by atoms with van der Waals surface area (Å²) in [5.74, 6) is -3.10. The summed E-state index contributed by atoms with van der Waals surface area (Å²) in [6.07, 6.45) is 2.12. The number of nitrogens with zero attached hydrogens (tertiary/aromatic N) is 1. The fourth-order valence-electron chi connectivity index (χ4n) is 3.30. The summed E-state index contributed by atoms with van der Waals surface area (Å²) in [6.45, 7) is 0.230. The van der Waals surface area contributed by atoms with Crippen molar-refractivity contribution in [3.8, 4) is 0 Å². The van der Waals surface area contributed by atoms with Crippen molar-refractivity contribution in [1.29, 1.82) is 0 Å². The van der Waals surface area contributed by atoms with Gasteiger partial charge in [0.05, 0.1) is 12.6 Å². The fourth-order valence-corrected chi connectivity index (χ4v) is 3.30. The van der Waals surface area contributed by atoms with Gasteiger partial charge >= 0.3 is 5.97 Å². The second-order valence-corrected chi connectivity index (χ2v) is 8.27. The van der Waals surface area contributed by atoms with Crippen LogP contribution in [0.2, 0.25) is 0 Å². The van der Waals surface area contributed by atoms with Crippen LogP contribution in [-0.2, 0) is 25.6 Å². The predicted octanol–water partition coefficient (Wildman–Crippen LogP) is -2.09. The zero-order valence-electron chi connectivity index (χ0n) is 20.3. The summed E-state index contributed by atoms with van der Waals surface area (Å²) < 4.78 is 0. The highest BCUT2D eigenvalue weighted by atomic mass is 16.4. The van der Waals surface area contributed by atoms with Crippen LogP contribution >= 0.6 is 0 Å². The van der Waals surface area contributed by atoms with Crippen LogP contribution in [0.1, 0.15) is 37.7 Å². The summed E-state index contributed by atoms with van der Waals surface area (Å²) in [6, 6.07) is 6.18. The van der Waals surface area contributed by atoms with Gasteiger partial charge in [0, 0.05) is 6.54 Å². The van der Waals surface area contributed by atoms with Gasteiger partial charge in [-0.3, -0.25) is 19.4 Å². The number of benzene rings is 1. The Balaban J connectivity index is 2.65. The molecule has 0 saturated heterocycles. The second kappa shape index (κ2) is 16.8. The lowest BCUT2D eigenvalue weighted by Gasteiger charge is -2.22. The number of nitrogens with one attached hydrogen (secondary N) is 3. The molecule has 36 heavy (non-hydrogen) atoms. The van der Waals surface area contributed by atoms with Crippen LogP contribution in [0.4, 0.5) is 0 Å². The molecule has 3 atom stereocenters. The maximum Gasteiger partial charge on any atom is 0.326 e. The van der Waals surface area contributed by atoms with Crippen molar-refractivity contribution in [2.75, 3.05) is 19.6 Å². The van der Waals surface area contributed by atoms with Crippen molar-refractivity contribution in [2.45, 2.75) is 56.7 Å². The van der Waals surface area contributed by atoms with E-state index in [9.17, 15) is 24.3 Å². The van der Waals surface area contributed by atoms with E-state index in [-0.39, 0.29) is 31.9 Å². The number of aliphatic carboxylic acids is 1. The third kappa shape index (κ3) is 12.7. The molecule has 0 heterocycles. The van der Waals surface area contributed by atoms with Gasteiger partial charge in [0.2, 0.25) is 17.7 Å². The SMILES string of the molecule is NCCCCC(NC(=O)CNC(=O)C(N)Cc1ccccc1)C(=O)NC(CCCN=C(N)N)C(=O)O. The van der Waals surface area contributed by atoms with Gasteiger partial charge in [-0.05, 0) is 50.6 Å². The summed E-state index contributed by atoms with van der Waals surface area (Å²) in [7, 11) is 0. The number of hydrogen-bond acceptors (Lipinski definition) is 7. The zero-order chi connectivity index (χ0) is 26.9. The second-order valence-electron chi connectivity index (χ2n) is 8.27. The van der Waals surface area contributed by atoms with Crippen molar-refractivity contribution >= 4 is 29.7 Å². The van der Waals surface area contributed by atoms with Crippen LogP contribution < -0.4 is 38.9 Å². The van der Waals surface area contributed by atoms with Gasteiger partial charge < -0.3 is 44.0 Å². The maximum absolute atomic E-state index is 12.8. The Bertz CT molecular complexity index is 877. The molecule has 13 nitrogen and oxygen atoms in total. The van der Waals surface area contributed by atoms with Crippen LogP contribution in [0.25, 0.3) is 0 Å². The molecule has 12 N–H and O–H groups in total. The monoisotopic (exact) mass is 506 g/mol. The topological polar surface area (TPSA) is 241 Å². The van der Waals surface area contributed by atoms with E-state index in [1.54, 1.807) is 0 Å². The minimum Gasteiger partial charge on any atom is -0.480 e. The lowest BCUT2D eigenvalue weighted by atomic mass is 10.1. The number of aliphatic imine (C=N–C) groups is 1. The van der Waals surface area contributed by atoms with E-state index in [0.717, 1.165) is 5.56 Å². The van der Waals surface area contributed by atoms with E-state index in [4.69, 9.17) is 22.9 Å². The highest BCUT2D eigenvalue weighted by Gasteiger charge is 2.26. The van der Waals surface area contributed by atoms with Gasteiger partial charge in [-0.2, -0.15) is 0 Å². The molecule has 1 aromatic carbocycles. The molecule has 0 aliphatic rings. The van der Waals surface area contributed by atoms with E-state index in [1.165, 1.54) is 0 Å². The number of amides is 3. The number of carbonyl (C=O) groups is 4. The number of hydrogen-bond donors (Lipinski definition) is 8. The lowest BCUT2D eigenvalue weighted by Crippen LogP contribution is -2.53. The normalized spacial score (nSPS) is 13.1. The average Bonchev–Trinajstić information content (AvgIpc) is 2.84. The van der Waals surface area contributed by atoms with E-state index in [1.807, 2.05) is 30.3 Å². The molecule has 0 aliphatic heterocycles. The van der Waals surface area contributed by atoms with E-state index in [0.29, 0.717) is 32.2 Å². The molecule has 1 rings (SSSR count). The highest BCUT2D eigenvalue weighted by molar-refractivity contribution is 5.92. The molecule has 0 radical (unpaired) electrons. The van der Waals surface area contributed by atoms with Crippen molar-refractivity contribution in [3.05, 3.63) is 35.9 Å². The summed E-state index contributed by atoms with van der Waals surface area (Å²) >= 11 is 0. The quantitative estimate of drug-likeness (QED) is 0.0655. The molecular weight excluding hydrogens is 468 g/mol. The van der Waals surface area contributed by atoms with Crippen LogP contribution in [-0.4, -0.2) is 72.5 Å². The number of guanidine groups is 1. The Morgan fingerprint density at radius 3 is 2.19 bits per heavy atom. The fraction of sp³-hybridized carbons (Fsp3) is 0.522. The summed E-state index contributed by atoms with van der Waals surface area (Å²) in [5, 5.41) is 16.9. The van der Waals surface area contributed by atoms with Gasteiger partial charge in [-0.1, -0.05) is 30.3 Å². The molecule has 3 amide bonds. The van der Waals surface area contributed by atoms with Gasteiger partial charge in [0.1, 0.15) is 12.1 Å². The first-order valence-electron chi connectivity index (χ1n) is 11.8. The molecule has 200 valence electrons. The molecule has 0 spiro atoms. The summed E-state index contributed by atoms with van der Waals surface area (Å²) in [5.41, 5.74) is 22.8. The summed E-state index contributed by atoms with van der Waals surface area (Å²) in [4.78, 5) is 52.9. The molecule has 0 bridgehead atoms. The van der Waals surface area contributed by atoms with Gasteiger partial charge in [0.15, 0.2) is 5.96 Å². The Morgan fingerprint density at radius 2 is 1.58 bits per heavy atom. The molecular formula is C23H38N8O5. The molecule has 1 aromatic rings. The third-order valence-electron chi connectivity index (χ3n) is 5.22. The standard InChI is InChI=1S/C23H38N8O5/c24-11-5-4-9-17(21(34)31-18(22(35)36)10-6-12-28-23(26)27)30-19(32)14-29-20(33)16(25)13-15-7-2-1-3-8-15/h1-3,7-8,16-18H,4-6,9-14,24-25H2,(H,29,33)(H,30,32)(H,31,34)(H,35,36)(H4,26,27,28). The zero-order valence-corrected chi connectivity index (χ0v) is 20.3. The minimum atomic E-state index is -1.22. The van der Waals surface area contributed by atoms with Gasteiger partial charge in [0.25, 0.3) is 0 Å². The van der Waals surface area contributed by atoms with Crippen LogP contribution in [0, 0.1) is 0 Å². The first-order chi connectivity index (χ1) is 17.1. The number of rotatable bonds is 17. The molecule has 13 heteroatoms. The van der Waals surface area contributed by atoms with Crippen LogP contribution in [0.3, 0.4) is 0 Å². The average molecular weight is 507 g/mol. The number of unbranched alkanes of at least 4 members (excludes halogenated alkanes) is 1. The van der Waals surface area contributed by atoms with Crippen molar-refractivity contribution in [3.63, 3.8) is 0 Å². The lowest BCUT2D eigenvalue weighted by molar-refractivity contribution is -0.142. The number of carboxylic acids is 1. The number of nitrogens with two attached hydrogens (primary N) is 4. The molecule has 0 aliphatic carbocycles. The van der Waals surface area contributed by atoms with E-state index >= 15 is 0 Å². The van der Waals surface area contributed by atoms with E-state index < -0.39 is 41.8 Å². The third-order valence-corrected chi connectivity index (χ3v) is 5.22. The molecule has 3 unspecified atom stereocenters. The van der Waals surface area contributed by atoms with Crippen molar-refractivity contribution in [1.82, 2.24) is 16.0 Å². The molecule has 0 saturated carbocycles. The first kappa shape index (κ1) is 30.3. The Labute approximate surface area is 210 Å². The van der Waals surface area contributed by atoms with Crippen molar-refractivity contribution < 1.29 is 24.3 Å². The van der Waals surface area contributed by atoms with Gasteiger partial charge in [-0.15, -0.1) is 0 Å². The number of carboxylic acid groups (broad SMARTS) is 1. The van der Waals surface area contributed by atoms with E-state index in [2.05, 4.69) is 20.9 Å². The predicted molar refractivity (Wildman–Crippen MR) is 135 cm³/mol. The Hall–Kier alpha value is -3.71. The minimum absolute atomic E-state index is 0.0939. The largest absolute Gasteiger partial charge is 0.480 e. The Kier molecular flexibility index (Phi) is 14.2. The van der Waals surface area contributed by atoms with Crippen LogP contribution in [0.15, 0.2) is 35.3 Å². The Morgan fingerprint density at radius 1 is 0.917 bits per heavy atom.